The molecule has 0 radical (unpaired) electrons. The van der Waals surface area contributed by atoms with Gasteiger partial charge in [-0.3, -0.25) is 4.79 Å². The number of carbonyl (C=O) groups is 1. The minimum absolute atomic E-state index is 0.0322. The van der Waals surface area contributed by atoms with Gasteiger partial charge in [0.15, 0.2) is 0 Å². The Labute approximate surface area is 154 Å². The fourth-order valence-electron chi connectivity index (χ4n) is 3.07. The number of carbonyl (C=O) groups excluding carboxylic acids is 1. The van der Waals surface area contributed by atoms with Gasteiger partial charge in [0.1, 0.15) is 11.6 Å². The van der Waals surface area contributed by atoms with E-state index in [-0.39, 0.29) is 5.91 Å². The first kappa shape index (κ1) is 18.4. The Balaban J connectivity index is 1.57. The van der Waals surface area contributed by atoms with Crippen LogP contribution < -0.4 is 5.32 Å². The molecule has 2 aromatic rings. The van der Waals surface area contributed by atoms with Crippen molar-refractivity contribution in [2.45, 2.75) is 26.3 Å². The molecule has 7 heteroatoms. The van der Waals surface area contributed by atoms with Gasteiger partial charge in [-0.25, -0.2) is 9.97 Å². The molecule has 26 heavy (non-hydrogen) atoms. The maximum Gasteiger partial charge on any atom is 0.255 e. The van der Waals surface area contributed by atoms with Crippen LogP contribution in [0.2, 0.25) is 0 Å². The number of anilines is 1. The van der Waals surface area contributed by atoms with Crippen LogP contribution in [0.4, 0.5) is 5.82 Å². The zero-order chi connectivity index (χ0) is 18.4. The predicted octanol–water partition coefficient (Wildman–Crippen LogP) is 2.32. The van der Waals surface area contributed by atoms with Crippen LogP contribution in [-0.4, -0.2) is 51.6 Å². The van der Waals surface area contributed by atoms with E-state index in [9.17, 15) is 4.79 Å². The molecule has 2 aromatic heterocycles. The van der Waals surface area contributed by atoms with Crippen molar-refractivity contribution in [1.29, 1.82) is 0 Å². The Morgan fingerprint density at radius 1 is 1.42 bits per heavy atom. The summed E-state index contributed by atoms with van der Waals surface area (Å²) >= 11 is 0. The van der Waals surface area contributed by atoms with Crippen molar-refractivity contribution in [3.05, 3.63) is 42.1 Å². The Bertz CT molecular complexity index is 707. The van der Waals surface area contributed by atoms with Crippen molar-refractivity contribution in [2.24, 2.45) is 13.0 Å². The number of hydrogen-bond donors (Lipinski definition) is 1. The summed E-state index contributed by atoms with van der Waals surface area (Å²) in [5, 5.41) is 3.34. The number of pyridine rings is 1. The number of rotatable bonds is 7. The summed E-state index contributed by atoms with van der Waals surface area (Å²) in [7, 11) is 1.93. The van der Waals surface area contributed by atoms with Gasteiger partial charge in [0.2, 0.25) is 0 Å². The van der Waals surface area contributed by atoms with Crippen LogP contribution in [0.3, 0.4) is 0 Å². The average Bonchev–Trinajstić information content (AvgIpc) is 3.09. The van der Waals surface area contributed by atoms with Crippen molar-refractivity contribution in [3.8, 4) is 0 Å². The first-order valence-corrected chi connectivity index (χ1v) is 9.20. The first-order valence-electron chi connectivity index (χ1n) is 9.20. The summed E-state index contributed by atoms with van der Waals surface area (Å²) in [6, 6.07) is 3.70. The third-order valence-electron chi connectivity index (χ3n) is 4.76. The largest absolute Gasteiger partial charge is 0.381 e. The molecule has 0 unspecified atom stereocenters. The lowest BCUT2D eigenvalue weighted by Crippen LogP contribution is -2.31. The van der Waals surface area contributed by atoms with Crippen LogP contribution in [0, 0.1) is 5.92 Å². The molecule has 140 valence electrons. The number of amides is 1. The maximum absolute atomic E-state index is 12.7. The molecule has 0 aromatic carbocycles. The van der Waals surface area contributed by atoms with Crippen LogP contribution in [0.25, 0.3) is 0 Å². The summed E-state index contributed by atoms with van der Waals surface area (Å²) in [5.41, 5.74) is 0.590. The van der Waals surface area contributed by atoms with E-state index < -0.39 is 0 Å². The number of aryl methyl sites for hydroxylation is 1. The molecule has 7 nitrogen and oxygen atoms in total. The van der Waals surface area contributed by atoms with Gasteiger partial charge < -0.3 is 19.5 Å². The highest BCUT2D eigenvalue weighted by Gasteiger charge is 2.17. The molecule has 1 aliphatic heterocycles. The van der Waals surface area contributed by atoms with Crippen LogP contribution in [0.5, 0.6) is 0 Å². The highest BCUT2D eigenvalue weighted by atomic mass is 16.5. The second kappa shape index (κ2) is 8.80. The van der Waals surface area contributed by atoms with E-state index in [2.05, 4.69) is 15.3 Å². The third-order valence-corrected chi connectivity index (χ3v) is 4.76. The van der Waals surface area contributed by atoms with Gasteiger partial charge in [0, 0.05) is 45.3 Å². The zero-order valence-electron chi connectivity index (χ0n) is 15.5. The van der Waals surface area contributed by atoms with Crippen LogP contribution in [-0.2, 0) is 18.3 Å². The summed E-state index contributed by atoms with van der Waals surface area (Å²) in [6.07, 6.45) is 7.57. The Morgan fingerprint density at radius 3 is 2.92 bits per heavy atom. The summed E-state index contributed by atoms with van der Waals surface area (Å²) in [6.45, 7) is 5.60. The second-order valence-corrected chi connectivity index (χ2v) is 6.67. The number of nitrogens with zero attached hydrogens (tertiary/aromatic N) is 4. The number of nitrogens with one attached hydrogen (secondary N) is 1. The van der Waals surface area contributed by atoms with E-state index in [1.807, 2.05) is 36.9 Å². The minimum atomic E-state index is -0.0322. The Kier molecular flexibility index (Phi) is 6.22. The van der Waals surface area contributed by atoms with Gasteiger partial charge in [0.25, 0.3) is 5.91 Å². The molecule has 1 amide bonds. The van der Waals surface area contributed by atoms with Crippen molar-refractivity contribution < 1.29 is 9.53 Å². The van der Waals surface area contributed by atoms with Crippen molar-refractivity contribution in [3.63, 3.8) is 0 Å². The smallest absolute Gasteiger partial charge is 0.255 e. The molecule has 3 rings (SSSR count). The fraction of sp³-hybridized carbons (Fsp3) is 0.526. The summed E-state index contributed by atoms with van der Waals surface area (Å²) in [4.78, 5) is 23.2. The van der Waals surface area contributed by atoms with E-state index >= 15 is 0 Å². The van der Waals surface area contributed by atoms with E-state index in [1.165, 1.54) is 6.42 Å². The van der Waals surface area contributed by atoms with Gasteiger partial charge in [0.05, 0.1) is 18.7 Å². The van der Waals surface area contributed by atoms with Crippen molar-refractivity contribution in [1.82, 2.24) is 19.4 Å². The number of aromatic nitrogens is 3. The Hall–Kier alpha value is -2.41. The SMILES string of the molecule is CCN(Cc1nccn1C)C(=O)c1ccc(NC[C@H]2CCCOC2)nc1. The van der Waals surface area contributed by atoms with Gasteiger partial charge >= 0.3 is 0 Å². The Morgan fingerprint density at radius 2 is 2.31 bits per heavy atom. The monoisotopic (exact) mass is 357 g/mol. The highest BCUT2D eigenvalue weighted by Crippen LogP contribution is 2.15. The maximum atomic E-state index is 12.7. The molecule has 0 aliphatic carbocycles. The van der Waals surface area contributed by atoms with Crippen LogP contribution >= 0.6 is 0 Å². The van der Waals surface area contributed by atoms with Gasteiger partial charge in [-0.15, -0.1) is 0 Å². The van der Waals surface area contributed by atoms with E-state index in [0.717, 1.165) is 37.8 Å². The minimum Gasteiger partial charge on any atom is -0.381 e. The molecule has 3 heterocycles. The third kappa shape index (κ3) is 4.60. The summed E-state index contributed by atoms with van der Waals surface area (Å²) in [5.74, 6) is 2.15. The first-order chi connectivity index (χ1) is 12.7. The van der Waals surface area contributed by atoms with E-state index in [0.29, 0.717) is 24.6 Å². The lowest BCUT2D eigenvalue weighted by atomic mass is 10.0. The molecular formula is C19H27N5O2. The second-order valence-electron chi connectivity index (χ2n) is 6.67. The molecular weight excluding hydrogens is 330 g/mol. The molecule has 1 saturated heterocycles. The molecule has 0 spiro atoms. The number of imidazole rings is 1. The topological polar surface area (TPSA) is 72.3 Å². The van der Waals surface area contributed by atoms with Crippen LogP contribution in [0.15, 0.2) is 30.7 Å². The van der Waals surface area contributed by atoms with Crippen molar-refractivity contribution in [2.75, 3.05) is 31.6 Å². The van der Waals surface area contributed by atoms with Crippen LogP contribution in [0.1, 0.15) is 35.9 Å². The van der Waals surface area contributed by atoms with Gasteiger partial charge in [-0.2, -0.15) is 0 Å². The molecule has 1 atom stereocenters. The fourth-order valence-corrected chi connectivity index (χ4v) is 3.07. The number of ether oxygens (including phenoxy) is 1. The molecule has 1 fully saturated rings. The molecule has 0 saturated carbocycles. The molecule has 1 N–H and O–H groups in total. The lowest BCUT2D eigenvalue weighted by Gasteiger charge is -2.22. The van der Waals surface area contributed by atoms with Gasteiger partial charge in [-0.1, -0.05) is 0 Å². The van der Waals surface area contributed by atoms with E-state index in [1.54, 1.807) is 17.3 Å². The standard InChI is InChI=1S/C19H27N5O2/c1-3-24(13-18-20-8-9-23(18)2)19(25)16-6-7-17(22-12-16)21-11-15-5-4-10-26-14-15/h6-9,12,15H,3-5,10-11,13-14H2,1-2H3,(H,21,22)/t15-/m1/s1. The van der Waals surface area contributed by atoms with Crippen molar-refractivity contribution >= 4 is 11.7 Å². The lowest BCUT2D eigenvalue weighted by molar-refractivity contribution is 0.0595. The average molecular weight is 357 g/mol. The number of hydrogen-bond acceptors (Lipinski definition) is 5. The van der Waals surface area contributed by atoms with E-state index in [4.69, 9.17) is 4.74 Å². The summed E-state index contributed by atoms with van der Waals surface area (Å²) < 4.78 is 7.42. The normalized spacial score (nSPS) is 17.1. The van der Waals surface area contributed by atoms with Gasteiger partial charge in [-0.05, 0) is 37.8 Å². The highest BCUT2D eigenvalue weighted by molar-refractivity contribution is 5.94. The predicted molar refractivity (Wildman–Crippen MR) is 99.9 cm³/mol. The quantitative estimate of drug-likeness (QED) is 0.823. The molecule has 0 bridgehead atoms. The molecule has 1 aliphatic rings. The zero-order valence-corrected chi connectivity index (χ0v) is 15.5.